The van der Waals surface area contributed by atoms with Gasteiger partial charge in [0.2, 0.25) is 0 Å². The Kier molecular flexibility index (Phi) is 3.62. The number of nitrogens with one attached hydrogen (secondary N) is 1. The summed E-state index contributed by atoms with van der Waals surface area (Å²) in [5, 5.41) is 4.42. The second kappa shape index (κ2) is 5.36. The van der Waals surface area contributed by atoms with Gasteiger partial charge in [0.1, 0.15) is 11.0 Å². The summed E-state index contributed by atoms with van der Waals surface area (Å²) in [5.74, 6) is 1.15. The van der Waals surface area contributed by atoms with Gasteiger partial charge in [0, 0.05) is 24.0 Å². The Bertz CT molecular complexity index is 506. The molecule has 6 heteroatoms. The number of nitrogens with zero attached hydrogens (tertiary/aromatic N) is 4. The fraction of sp³-hybridized carbons (Fsp3) is 0.0909. The highest BCUT2D eigenvalue weighted by atomic mass is 35.5. The van der Waals surface area contributed by atoms with E-state index in [0.717, 1.165) is 5.56 Å². The van der Waals surface area contributed by atoms with Crippen LogP contribution >= 0.6 is 11.6 Å². The van der Waals surface area contributed by atoms with Crippen LogP contribution in [0.15, 0.2) is 35.7 Å². The second-order valence-electron chi connectivity index (χ2n) is 3.28. The second-order valence-corrected chi connectivity index (χ2v) is 3.67. The lowest BCUT2D eigenvalue weighted by Crippen LogP contribution is -1.97. The molecule has 0 aromatic carbocycles. The number of hydrogen-bond donors (Lipinski definition) is 1. The summed E-state index contributed by atoms with van der Waals surface area (Å²) in [5.41, 5.74) is 3.68. The van der Waals surface area contributed by atoms with Crippen molar-refractivity contribution in [1.82, 2.24) is 15.0 Å². The molecule has 2 heterocycles. The molecule has 0 aliphatic rings. The number of aromatic nitrogens is 3. The lowest BCUT2D eigenvalue weighted by Gasteiger charge is -2.00. The molecule has 0 fully saturated rings. The first-order valence-electron chi connectivity index (χ1n) is 4.94. The molecule has 0 aliphatic heterocycles. The van der Waals surface area contributed by atoms with Crippen molar-refractivity contribution in [2.45, 2.75) is 6.92 Å². The molecule has 0 saturated heterocycles. The third-order valence-corrected chi connectivity index (χ3v) is 2.08. The van der Waals surface area contributed by atoms with Gasteiger partial charge in [-0.1, -0.05) is 17.7 Å². The molecule has 0 amide bonds. The summed E-state index contributed by atoms with van der Waals surface area (Å²) in [4.78, 5) is 12.1. The number of aryl methyl sites for hydroxylation is 1. The van der Waals surface area contributed by atoms with E-state index in [9.17, 15) is 0 Å². The van der Waals surface area contributed by atoms with Crippen LogP contribution in [0.25, 0.3) is 0 Å². The molecule has 86 valence electrons. The van der Waals surface area contributed by atoms with Crippen LogP contribution in [0.4, 0.5) is 5.82 Å². The van der Waals surface area contributed by atoms with Gasteiger partial charge >= 0.3 is 0 Å². The van der Waals surface area contributed by atoms with Crippen molar-refractivity contribution in [3.8, 4) is 0 Å². The van der Waals surface area contributed by atoms with Gasteiger partial charge in [0.05, 0.1) is 6.21 Å². The van der Waals surface area contributed by atoms with Gasteiger partial charge in [-0.15, -0.1) is 0 Å². The van der Waals surface area contributed by atoms with Crippen LogP contribution in [0.2, 0.25) is 5.15 Å². The van der Waals surface area contributed by atoms with E-state index in [1.54, 1.807) is 31.6 Å². The maximum absolute atomic E-state index is 5.79. The van der Waals surface area contributed by atoms with E-state index < -0.39 is 0 Å². The molecule has 2 rings (SSSR count). The van der Waals surface area contributed by atoms with E-state index in [0.29, 0.717) is 16.8 Å². The molecule has 0 aliphatic carbocycles. The number of pyridine rings is 1. The van der Waals surface area contributed by atoms with Crippen molar-refractivity contribution in [1.29, 1.82) is 0 Å². The highest BCUT2D eigenvalue weighted by molar-refractivity contribution is 6.29. The fourth-order valence-electron chi connectivity index (χ4n) is 1.21. The van der Waals surface area contributed by atoms with Crippen LogP contribution in [-0.2, 0) is 0 Å². The number of hydrogen-bond acceptors (Lipinski definition) is 5. The summed E-state index contributed by atoms with van der Waals surface area (Å²) in [6, 6.07) is 5.35. The van der Waals surface area contributed by atoms with Gasteiger partial charge in [-0.25, -0.2) is 9.97 Å². The molecule has 0 radical (unpaired) electrons. The minimum Gasteiger partial charge on any atom is -0.264 e. The molecule has 1 N–H and O–H groups in total. The van der Waals surface area contributed by atoms with Crippen molar-refractivity contribution in [3.05, 3.63) is 47.1 Å². The van der Waals surface area contributed by atoms with Gasteiger partial charge in [0.25, 0.3) is 0 Å². The summed E-state index contributed by atoms with van der Waals surface area (Å²) in [7, 11) is 0. The van der Waals surface area contributed by atoms with E-state index in [4.69, 9.17) is 11.6 Å². The lowest BCUT2D eigenvalue weighted by molar-refractivity contribution is 1.04. The average Bonchev–Trinajstić information content (AvgIpc) is 2.29. The normalized spacial score (nSPS) is 10.7. The summed E-state index contributed by atoms with van der Waals surface area (Å²) in [6.45, 7) is 1.77. The summed E-state index contributed by atoms with van der Waals surface area (Å²) >= 11 is 5.79. The van der Waals surface area contributed by atoms with Gasteiger partial charge in [0.15, 0.2) is 5.82 Å². The topological polar surface area (TPSA) is 63.1 Å². The van der Waals surface area contributed by atoms with Crippen molar-refractivity contribution >= 4 is 23.6 Å². The summed E-state index contributed by atoms with van der Waals surface area (Å²) in [6.07, 6.45) is 5.07. The van der Waals surface area contributed by atoms with Crippen molar-refractivity contribution in [2.24, 2.45) is 5.10 Å². The largest absolute Gasteiger partial charge is 0.264 e. The molecule has 5 nitrogen and oxygen atoms in total. The van der Waals surface area contributed by atoms with Crippen molar-refractivity contribution in [3.63, 3.8) is 0 Å². The zero-order valence-electron chi connectivity index (χ0n) is 9.13. The Hall–Kier alpha value is -2.01. The highest BCUT2D eigenvalue weighted by Gasteiger charge is 1.97. The first-order chi connectivity index (χ1) is 8.24. The van der Waals surface area contributed by atoms with E-state index in [2.05, 4.69) is 25.5 Å². The first-order valence-corrected chi connectivity index (χ1v) is 5.32. The fourth-order valence-corrected chi connectivity index (χ4v) is 1.44. The van der Waals surface area contributed by atoms with Crippen molar-refractivity contribution in [2.75, 3.05) is 5.43 Å². The maximum Gasteiger partial charge on any atom is 0.151 e. The van der Waals surface area contributed by atoms with Crippen LogP contribution in [-0.4, -0.2) is 21.2 Å². The van der Waals surface area contributed by atoms with Crippen LogP contribution in [0, 0.1) is 6.92 Å². The smallest absolute Gasteiger partial charge is 0.151 e. The zero-order valence-corrected chi connectivity index (χ0v) is 9.89. The van der Waals surface area contributed by atoms with Crippen molar-refractivity contribution < 1.29 is 0 Å². The van der Waals surface area contributed by atoms with Crippen LogP contribution in [0.5, 0.6) is 0 Å². The van der Waals surface area contributed by atoms with E-state index in [1.165, 1.54) is 0 Å². The van der Waals surface area contributed by atoms with Gasteiger partial charge in [-0.3, -0.25) is 10.4 Å². The number of halogens is 1. The maximum atomic E-state index is 5.79. The minimum atomic E-state index is 0.386. The third-order valence-electron chi connectivity index (χ3n) is 1.88. The van der Waals surface area contributed by atoms with E-state index >= 15 is 0 Å². The van der Waals surface area contributed by atoms with Crippen LogP contribution < -0.4 is 5.43 Å². The Morgan fingerprint density at radius 2 is 2.29 bits per heavy atom. The predicted molar refractivity (Wildman–Crippen MR) is 67.2 cm³/mol. The number of hydrazone groups is 1. The first kappa shape index (κ1) is 11.5. The number of anilines is 1. The molecular weight excluding hydrogens is 238 g/mol. The van der Waals surface area contributed by atoms with Crippen LogP contribution in [0.1, 0.15) is 11.4 Å². The van der Waals surface area contributed by atoms with E-state index in [-0.39, 0.29) is 0 Å². The standard InChI is InChI=1S/C11H10ClN5/c1-8-15-10(12)5-11(16-8)17-14-7-9-3-2-4-13-6-9/h2-7H,1H3,(H,15,16,17)/b14-7+. The zero-order chi connectivity index (χ0) is 12.1. The average molecular weight is 248 g/mol. The number of rotatable bonds is 3. The summed E-state index contributed by atoms with van der Waals surface area (Å²) < 4.78 is 0. The SMILES string of the molecule is Cc1nc(Cl)cc(N/N=C/c2cccnc2)n1. The van der Waals surface area contributed by atoms with Gasteiger partial charge < -0.3 is 0 Å². The lowest BCUT2D eigenvalue weighted by atomic mass is 10.3. The van der Waals surface area contributed by atoms with Crippen LogP contribution in [0.3, 0.4) is 0 Å². The Labute approximate surface area is 104 Å². The van der Waals surface area contributed by atoms with E-state index in [1.807, 2.05) is 12.1 Å². The molecule has 2 aromatic heterocycles. The monoisotopic (exact) mass is 247 g/mol. The molecule has 0 atom stereocenters. The quantitative estimate of drug-likeness (QED) is 0.513. The Balaban J connectivity index is 2.05. The third kappa shape index (κ3) is 3.49. The van der Waals surface area contributed by atoms with Gasteiger partial charge in [-0.2, -0.15) is 5.10 Å². The molecule has 0 saturated carbocycles. The Morgan fingerprint density at radius 3 is 3.00 bits per heavy atom. The predicted octanol–water partition coefficient (Wildman–Crippen LogP) is 2.28. The highest BCUT2D eigenvalue weighted by Crippen LogP contribution is 2.10. The molecule has 17 heavy (non-hydrogen) atoms. The van der Waals surface area contributed by atoms with Gasteiger partial charge in [-0.05, 0) is 13.0 Å². The molecule has 2 aromatic rings. The molecule has 0 spiro atoms. The minimum absolute atomic E-state index is 0.386. The Morgan fingerprint density at radius 1 is 1.41 bits per heavy atom. The molecular formula is C11H10ClN5. The molecule has 0 bridgehead atoms. The molecule has 0 unspecified atom stereocenters.